The first-order valence-corrected chi connectivity index (χ1v) is 10.6. The van der Waals surface area contributed by atoms with Crippen molar-refractivity contribution in [3.63, 3.8) is 0 Å². The van der Waals surface area contributed by atoms with Gasteiger partial charge in [-0.15, -0.1) is 0 Å². The monoisotopic (exact) mass is 422 g/mol. The van der Waals surface area contributed by atoms with Gasteiger partial charge in [-0.05, 0) is 62.1 Å². The van der Waals surface area contributed by atoms with Crippen molar-refractivity contribution in [2.45, 2.75) is 38.8 Å². The molecule has 1 N–H and O–H groups in total. The van der Waals surface area contributed by atoms with Gasteiger partial charge in [0, 0.05) is 31.1 Å². The molecular formula is C24H27FN4O2. The number of carbonyl (C=O) groups excluding carboxylic acids is 1. The van der Waals surface area contributed by atoms with Crippen molar-refractivity contribution in [1.82, 2.24) is 15.3 Å². The topological polar surface area (TPSA) is 67.3 Å². The van der Waals surface area contributed by atoms with E-state index in [2.05, 4.69) is 20.2 Å². The van der Waals surface area contributed by atoms with Gasteiger partial charge < -0.3 is 15.0 Å². The standard InChI is InChI=1S/C24H27FN4O2/c1-16-21-14-19(25)9-10-22(21)28-24(27-16)29-12-3-4-20(11-13-29)26-15-17-5-7-18(8-6-17)23(30)31-2/h5-10,14,20,26H,3-4,11-13,15H2,1-2H3. The number of esters is 1. The van der Waals surface area contributed by atoms with E-state index >= 15 is 0 Å². The van der Waals surface area contributed by atoms with Gasteiger partial charge in [-0.1, -0.05) is 12.1 Å². The molecule has 2 heterocycles. The van der Waals surface area contributed by atoms with Gasteiger partial charge in [0.1, 0.15) is 5.82 Å². The van der Waals surface area contributed by atoms with Crippen molar-refractivity contribution in [1.29, 1.82) is 0 Å². The second kappa shape index (κ2) is 9.39. The Morgan fingerprint density at radius 3 is 2.74 bits per heavy atom. The van der Waals surface area contributed by atoms with Crippen LogP contribution in [-0.2, 0) is 11.3 Å². The quantitative estimate of drug-likeness (QED) is 0.627. The zero-order valence-corrected chi connectivity index (χ0v) is 17.9. The van der Waals surface area contributed by atoms with Crippen LogP contribution in [0.5, 0.6) is 0 Å². The number of hydrogen-bond donors (Lipinski definition) is 1. The van der Waals surface area contributed by atoms with Crippen LogP contribution in [0.3, 0.4) is 0 Å². The zero-order chi connectivity index (χ0) is 21.8. The second-order valence-corrected chi connectivity index (χ2v) is 7.95. The number of aromatic nitrogens is 2. The van der Waals surface area contributed by atoms with Gasteiger partial charge in [0.2, 0.25) is 5.95 Å². The van der Waals surface area contributed by atoms with E-state index in [1.165, 1.54) is 19.2 Å². The molecule has 1 saturated heterocycles. The van der Waals surface area contributed by atoms with Crippen LogP contribution in [0.15, 0.2) is 42.5 Å². The molecule has 1 aromatic heterocycles. The molecule has 0 amide bonds. The number of benzene rings is 2. The lowest BCUT2D eigenvalue weighted by molar-refractivity contribution is 0.0600. The number of rotatable bonds is 5. The third-order valence-corrected chi connectivity index (χ3v) is 5.82. The normalized spacial score (nSPS) is 16.9. The maximum absolute atomic E-state index is 13.5. The lowest BCUT2D eigenvalue weighted by Crippen LogP contribution is -2.31. The maximum atomic E-state index is 13.5. The Morgan fingerprint density at radius 1 is 1.16 bits per heavy atom. The molecule has 0 aliphatic carbocycles. The number of anilines is 1. The van der Waals surface area contributed by atoms with Crippen LogP contribution in [0.25, 0.3) is 10.9 Å². The fourth-order valence-electron chi connectivity index (χ4n) is 4.02. The van der Waals surface area contributed by atoms with Crippen LogP contribution >= 0.6 is 0 Å². The summed E-state index contributed by atoms with van der Waals surface area (Å²) in [7, 11) is 1.39. The highest BCUT2D eigenvalue weighted by molar-refractivity contribution is 5.89. The van der Waals surface area contributed by atoms with Crippen LogP contribution in [0.1, 0.15) is 40.9 Å². The average molecular weight is 423 g/mol. The Balaban J connectivity index is 1.37. The largest absolute Gasteiger partial charge is 0.465 e. The summed E-state index contributed by atoms with van der Waals surface area (Å²) in [6.07, 6.45) is 3.11. The number of ether oxygens (including phenoxy) is 1. The van der Waals surface area contributed by atoms with Gasteiger partial charge in [-0.2, -0.15) is 0 Å². The first-order chi connectivity index (χ1) is 15.0. The smallest absolute Gasteiger partial charge is 0.337 e. The summed E-state index contributed by atoms with van der Waals surface area (Å²) in [6, 6.07) is 12.6. The summed E-state index contributed by atoms with van der Waals surface area (Å²) in [5.41, 5.74) is 3.27. The minimum absolute atomic E-state index is 0.268. The first kappa shape index (κ1) is 21.2. The van der Waals surface area contributed by atoms with Gasteiger partial charge in [-0.25, -0.2) is 19.2 Å². The van der Waals surface area contributed by atoms with E-state index in [4.69, 9.17) is 4.74 Å². The number of hydrogen-bond acceptors (Lipinski definition) is 6. The number of nitrogens with zero attached hydrogens (tertiary/aromatic N) is 3. The van der Waals surface area contributed by atoms with E-state index in [-0.39, 0.29) is 11.8 Å². The molecule has 3 aromatic rings. The van der Waals surface area contributed by atoms with Crippen molar-refractivity contribution >= 4 is 22.8 Å². The van der Waals surface area contributed by atoms with Gasteiger partial charge in [0.15, 0.2) is 0 Å². The van der Waals surface area contributed by atoms with Crippen LogP contribution in [0.4, 0.5) is 10.3 Å². The molecule has 0 radical (unpaired) electrons. The van der Waals surface area contributed by atoms with E-state index in [9.17, 15) is 9.18 Å². The summed E-state index contributed by atoms with van der Waals surface area (Å²) >= 11 is 0. The van der Waals surface area contributed by atoms with Gasteiger partial charge in [0.25, 0.3) is 0 Å². The molecule has 0 spiro atoms. The second-order valence-electron chi connectivity index (χ2n) is 7.95. The average Bonchev–Trinajstić information content (AvgIpc) is 3.03. The molecular weight excluding hydrogens is 395 g/mol. The van der Waals surface area contributed by atoms with Gasteiger partial charge >= 0.3 is 5.97 Å². The van der Waals surface area contributed by atoms with Gasteiger partial charge in [-0.3, -0.25) is 0 Å². The van der Waals surface area contributed by atoms with E-state index in [1.807, 2.05) is 19.1 Å². The fraction of sp³-hybridized carbons (Fsp3) is 0.375. The summed E-state index contributed by atoms with van der Waals surface area (Å²) in [6.45, 7) is 4.42. The van der Waals surface area contributed by atoms with E-state index in [0.717, 1.165) is 67.0 Å². The van der Waals surface area contributed by atoms with Gasteiger partial charge in [0.05, 0.1) is 23.9 Å². The van der Waals surface area contributed by atoms with E-state index in [1.54, 1.807) is 18.2 Å². The molecule has 2 aromatic carbocycles. The van der Waals surface area contributed by atoms with Crippen LogP contribution < -0.4 is 10.2 Å². The fourth-order valence-corrected chi connectivity index (χ4v) is 4.02. The third-order valence-electron chi connectivity index (χ3n) is 5.82. The van der Waals surface area contributed by atoms with E-state index < -0.39 is 0 Å². The zero-order valence-electron chi connectivity index (χ0n) is 17.9. The Morgan fingerprint density at radius 2 is 1.97 bits per heavy atom. The Kier molecular flexibility index (Phi) is 6.42. The molecule has 4 rings (SSSR count). The third kappa shape index (κ3) is 4.99. The number of methoxy groups -OCH3 is 1. The summed E-state index contributed by atoms with van der Waals surface area (Å²) < 4.78 is 18.3. The molecule has 1 aliphatic rings. The van der Waals surface area contributed by atoms with E-state index in [0.29, 0.717) is 11.6 Å². The molecule has 31 heavy (non-hydrogen) atoms. The molecule has 1 atom stereocenters. The highest BCUT2D eigenvalue weighted by Crippen LogP contribution is 2.22. The molecule has 1 aliphatic heterocycles. The first-order valence-electron chi connectivity index (χ1n) is 10.6. The molecule has 7 heteroatoms. The molecule has 6 nitrogen and oxygen atoms in total. The van der Waals surface area contributed by atoms with Crippen molar-refractivity contribution in [2.75, 3.05) is 25.1 Å². The Labute approximate surface area is 181 Å². The van der Waals surface area contributed by atoms with Crippen LogP contribution in [0.2, 0.25) is 0 Å². The van der Waals surface area contributed by atoms with Crippen LogP contribution in [-0.4, -0.2) is 42.2 Å². The minimum Gasteiger partial charge on any atom is -0.465 e. The minimum atomic E-state index is -0.320. The lowest BCUT2D eigenvalue weighted by Gasteiger charge is -2.21. The number of nitrogens with one attached hydrogen (secondary N) is 1. The predicted molar refractivity (Wildman–Crippen MR) is 119 cm³/mol. The molecule has 0 saturated carbocycles. The van der Waals surface area contributed by atoms with Crippen molar-refractivity contribution in [2.24, 2.45) is 0 Å². The molecule has 1 unspecified atom stereocenters. The Bertz CT molecular complexity index is 1070. The highest BCUT2D eigenvalue weighted by Gasteiger charge is 2.19. The number of carbonyl (C=O) groups is 1. The number of fused-ring (bicyclic) bond motifs is 1. The maximum Gasteiger partial charge on any atom is 0.337 e. The van der Waals surface area contributed by atoms with Crippen molar-refractivity contribution in [3.8, 4) is 0 Å². The number of halogens is 1. The predicted octanol–water partition coefficient (Wildman–Crippen LogP) is 4.01. The number of aryl methyl sites for hydroxylation is 1. The molecule has 0 bridgehead atoms. The highest BCUT2D eigenvalue weighted by atomic mass is 19.1. The van der Waals surface area contributed by atoms with Crippen molar-refractivity contribution in [3.05, 3.63) is 65.1 Å². The SMILES string of the molecule is COC(=O)c1ccc(CNC2CCCN(c3nc(C)c4cc(F)ccc4n3)CC2)cc1. The molecule has 1 fully saturated rings. The summed E-state index contributed by atoms with van der Waals surface area (Å²) in [5, 5.41) is 4.39. The Hall–Kier alpha value is -3.06. The van der Waals surface area contributed by atoms with Crippen LogP contribution in [0, 0.1) is 12.7 Å². The summed E-state index contributed by atoms with van der Waals surface area (Å²) in [4.78, 5) is 23.1. The molecule has 162 valence electrons. The summed E-state index contributed by atoms with van der Waals surface area (Å²) in [5.74, 6) is 0.130. The lowest BCUT2D eigenvalue weighted by atomic mass is 10.1. The van der Waals surface area contributed by atoms with Crippen molar-refractivity contribution < 1.29 is 13.9 Å².